The van der Waals surface area contributed by atoms with Crippen molar-refractivity contribution in [3.63, 3.8) is 0 Å². The van der Waals surface area contributed by atoms with Crippen LogP contribution in [0.25, 0.3) is 11.1 Å². The van der Waals surface area contributed by atoms with Crippen LogP contribution in [0.15, 0.2) is 47.2 Å². The van der Waals surface area contributed by atoms with Crippen molar-refractivity contribution in [1.82, 2.24) is 20.4 Å². The minimum Gasteiger partial charge on any atom is -0.457 e. The van der Waals surface area contributed by atoms with E-state index in [1.165, 1.54) is 6.92 Å². The van der Waals surface area contributed by atoms with Gasteiger partial charge in [0.05, 0.1) is 0 Å². The molecule has 7 heteroatoms. The van der Waals surface area contributed by atoms with E-state index in [9.17, 15) is 4.79 Å². The number of ether oxygens (including phenoxy) is 1. The molecular formula is C20H22N4O3. The number of rotatable bonds is 7. The van der Waals surface area contributed by atoms with E-state index in [1.54, 1.807) is 12.4 Å². The van der Waals surface area contributed by atoms with E-state index in [-0.39, 0.29) is 18.6 Å². The Morgan fingerprint density at radius 1 is 1.19 bits per heavy atom. The van der Waals surface area contributed by atoms with Gasteiger partial charge in [-0.3, -0.25) is 4.79 Å². The Hall–Kier alpha value is -3.22. The fourth-order valence-electron chi connectivity index (χ4n) is 2.75. The number of hydrogen-bond donors (Lipinski definition) is 1. The molecule has 0 bridgehead atoms. The van der Waals surface area contributed by atoms with Gasteiger partial charge in [-0.15, -0.1) is 0 Å². The van der Waals surface area contributed by atoms with Crippen LogP contribution in [-0.4, -0.2) is 27.1 Å². The predicted octanol–water partition coefficient (Wildman–Crippen LogP) is 3.09. The lowest BCUT2D eigenvalue weighted by molar-refractivity contribution is -0.119. The SMILES string of the molecule is CC(=O)NC(C)Cc1ccc(-c2cnc(OCc3cc(C)on3)nc2)cc1. The fourth-order valence-corrected chi connectivity index (χ4v) is 2.75. The summed E-state index contributed by atoms with van der Waals surface area (Å²) < 4.78 is 10.5. The highest BCUT2D eigenvalue weighted by Crippen LogP contribution is 2.20. The van der Waals surface area contributed by atoms with Crippen LogP contribution >= 0.6 is 0 Å². The maximum absolute atomic E-state index is 11.1. The lowest BCUT2D eigenvalue weighted by Crippen LogP contribution is -2.31. The Kier molecular flexibility index (Phi) is 5.80. The smallest absolute Gasteiger partial charge is 0.316 e. The van der Waals surface area contributed by atoms with Gasteiger partial charge in [-0.05, 0) is 31.4 Å². The molecule has 0 fully saturated rings. The standard InChI is InChI=1S/C20H22N4O3/c1-13(23-15(3)25)8-16-4-6-17(7-5-16)18-10-21-20(22-11-18)26-12-19-9-14(2)27-24-19/h4-7,9-11,13H,8,12H2,1-3H3,(H,23,25). The molecule has 3 aromatic rings. The molecule has 1 atom stereocenters. The number of hydrogen-bond acceptors (Lipinski definition) is 6. The van der Waals surface area contributed by atoms with Crippen LogP contribution in [0.1, 0.15) is 30.9 Å². The van der Waals surface area contributed by atoms with E-state index in [1.807, 2.05) is 44.2 Å². The van der Waals surface area contributed by atoms with Crippen LogP contribution in [0.3, 0.4) is 0 Å². The van der Waals surface area contributed by atoms with Crippen molar-refractivity contribution in [3.05, 3.63) is 59.7 Å². The van der Waals surface area contributed by atoms with Crippen molar-refractivity contribution < 1.29 is 14.1 Å². The molecular weight excluding hydrogens is 344 g/mol. The molecule has 0 radical (unpaired) electrons. The quantitative estimate of drug-likeness (QED) is 0.691. The predicted molar refractivity (Wildman–Crippen MR) is 100 cm³/mol. The van der Waals surface area contributed by atoms with Gasteiger partial charge in [0.25, 0.3) is 0 Å². The largest absolute Gasteiger partial charge is 0.457 e. The highest BCUT2D eigenvalue weighted by molar-refractivity contribution is 5.73. The molecule has 0 aliphatic heterocycles. The first-order valence-electron chi connectivity index (χ1n) is 8.73. The highest BCUT2D eigenvalue weighted by atomic mass is 16.5. The molecule has 3 rings (SSSR count). The van der Waals surface area contributed by atoms with Gasteiger partial charge in [-0.25, -0.2) is 9.97 Å². The number of amides is 1. The molecule has 0 aliphatic carbocycles. The summed E-state index contributed by atoms with van der Waals surface area (Å²) in [5.74, 6) is 0.719. The second-order valence-electron chi connectivity index (χ2n) is 6.47. The van der Waals surface area contributed by atoms with Crippen molar-refractivity contribution >= 4 is 5.91 Å². The number of carbonyl (C=O) groups excluding carboxylic acids is 1. The number of benzene rings is 1. The summed E-state index contributed by atoms with van der Waals surface area (Å²) in [5, 5.41) is 6.75. The second kappa shape index (κ2) is 8.44. The summed E-state index contributed by atoms with van der Waals surface area (Å²) in [5.41, 5.74) is 3.78. The molecule has 1 aromatic carbocycles. The molecule has 0 spiro atoms. The van der Waals surface area contributed by atoms with Crippen molar-refractivity contribution in [2.75, 3.05) is 0 Å². The van der Waals surface area contributed by atoms with E-state index >= 15 is 0 Å². The first-order chi connectivity index (χ1) is 13.0. The van der Waals surface area contributed by atoms with Crippen molar-refractivity contribution in [3.8, 4) is 17.1 Å². The van der Waals surface area contributed by atoms with Gasteiger partial charge < -0.3 is 14.6 Å². The fraction of sp³-hybridized carbons (Fsp3) is 0.300. The molecule has 2 aromatic heterocycles. The van der Waals surface area contributed by atoms with E-state index < -0.39 is 0 Å². The van der Waals surface area contributed by atoms with Gasteiger partial charge in [-0.2, -0.15) is 0 Å². The summed E-state index contributed by atoms with van der Waals surface area (Å²) >= 11 is 0. The molecule has 1 N–H and O–H groups in total. The summed E-state index contributed by atoms with van der Waals surface area (Å²) in [6.07, 6.45) is 4.24. The zero-order valence-corrected chi connectivity index (χ0v) is 15.6. The van der Waals surface area contributed by atoms with Gasteiger partial charge in [0, 0.05) is 37.0 Å². The second-order valence-corrected chi connectivity index (χ2v) is 6.47. The third kappa shape index (κ3) is 5.37. The molecule has 2 heterocycles. The van der Waals surface area contributed by atoms with E-state index in [0.717, 1.165) is 28.9 Å². The lowest BCUT2D eigenvalue weighted by atomic mass is 10.0. The van der Waals surface area contributed by atoms with Crippen molar-refractivity contribution in [2.45, 2.75) is 39.8 Å². The van der Waals surface area contributed by atoms with E-state index in [0.29, 0.717) is 11.7 Å². The average molecular weight is 366 g/mol. The van der Waals surface area contributed by atoms with Gasteiger partial charge in [0.2, 0.25) is 5.91 Å². The first kappa shape index (κ1) is 18.6. The van der Waals surface area contributed by atoms with E-state index in [4.69, 9.17) is 9.26 Å². The van der Waals surface area contributed by atoms with Gasteiger partial charge in [-0.1, -0.05) is 29.4 Å². The minimum absolute atomic E-state index is 0.0164. The average Bonchev–Trinajstić information content (AvgIpc) is 3.06. The molecule has 0 saturated carbocycles. The number of aromatic nitrogens is 3. The molecule has 27 heavy (non-hydrogen) atoms. The number of nitrogens with zero attached hydrogens (tertiary/aromatic N) is 3. The van der Waals surface area contributed by atoms with Crippen LogP contribution in [0.5, 0.6) is 6.01 Å². The van der Waals surface area contributed by atoms with Gasteiger partial charge >= 0.3 is 6.01 Å². The topological polar surface area (TPSA) is 90.1 Å². The zero-order valence-electron chi connectivity index (χ0n) is 15.6. The van der Waals surface area contributed by atoms with Gasteiger partial charge in [0.15, 0.2) is 0 Å². The van der Waals surface area contributed by atoms with Crippen molar-refractivity contribution in [2.24, 2.45) is 0 Å². The molecule has 0 aliphatic rings. The molecule has 1 unspecified atom stereocenters. The van der Waals surface area contributed by atoms with Crippen LogP contribution in [0.2, 0.25) is 0 Å². The molecule has 1 amide bonds. The Morgan fingerprint density at radius 2 is 1.89 bits per heavy atom. The zero-order chi connectivity index (χ0) is 19.2. The summed E-state index contributed by atoms with van der Waals surface area (Å²) in [7, 11) is 0. The third-order valence-corrected chi connectivity index (χ3v) is 3.93. The third-order valence-electron chi connectivity index (χ3n) is 3.93. The van der Waals surface area contributed by atoms with Crippen LogP contribution in [-0.2, 0) is 17.8 Å². The highest BCUT2D eigenvalue weighted by Gasteiger charge is 2.07. The monoisotopic (exact) mass is 366 g/mol. The van der Waals surface area contributed by atoms with Crippen molar-refractivity contribution in [1.29, 1.82) is 0 Å². The Labute approximate surface area is 157 Å². The molecule has 0 saturated heterocycles. The summed E-state index contributed by atoms with van der Waals surface area (Å²) in [4.78, 5) is 19.6. The lowest BCUT2D eigenvalue weighted by Gasteiger charge is -2.12. The van der Waals surface area contributed by atoms with Gasteiger partial charge in [0.1, 0.15) is 18.1 Å². The Balaban J connectivity index is 1.58. The van der Waals surface area contributed by atoms with E-state index in [2.05, 4.69) is 20.4 Å². The Morgan fingerprint density at radius 3 is 2.48 bits per heavy atom. The molecule has 140 valence electrons. The number of nitrogens with one attached hydrogen (secondary N) is 1. The maximum atomic E-state index is 11.1. The maximum Gasteiger partial charge on any atom is 0.316 e. The van der Waals surface area contributed by atoms with Crippen LogP contribution in [0.4, 0.5) is 0 Å². The summed E-state index contributed by atoms with van der Waals surface area (Å²) in [6.45, 7) is 5.60. The van der Waals surface area contributed by atoms with Crippen LogP contribution < -0.4 is 10.1 Å². The number of aryl methyl sites for hydroxylation is 1. The Bertz CT molecular complexity index is 888. The normalized spacial score (nSPS) is 11.8. The first-order valence-corrected chi connectivity index (χ1v) is 8.73. The molecule has 7 nitrogen and oxygen atoms in total. The van der Waals surface area contributed by atoms with Crippen LogP contribution in [0, 0.1) is 6.92 Å². The minimum atomic E-state index is -0.0164. The summed E-state index contributed by atoms with van der Waals surface area (Å²) in [6, 6.07) is 10.3. The number of carbonyl (C=O) groups is 1.